The number of rotatable bonds is 5. The van der Waals surface area contributed by atoms with Crippen LogP contribution in [0.3, 0.4) is 0 Å². The number of hydrogen-bond acceptors (Lipinski definition) is 4. The average Bonchev–Trinajstić information content (AvgIpc) is 2.57. The maximum Gasteiger partial charge on any atom is 0.265 e. The highest BCUT2D eigenvalue weighted by atomic mass is 16.5. The molecular weight excluding hydrogens is 292 g/mol. The maximum atomic E-state index is 12.2. The van der Waals surface area contributed by atoms with Crippen molar-refractivity contribution in [1.29, 1.82) is 5.26 Å². The predicted octanol–water partition coefficient (Wildman–Crippen LogP) is 3.28. The van der Waals surface area contributed by atoms with Gasteiger partial charge in [-0.25, -0.2) is 0 Å². The Kier molecular flexibility index (Phi) is 5.21. The molecule has 5 nitrogen and oxygen atoms in total. The van der Waals surface area contributed by atoms with E-state index in [1.807, 2.05) is 37.3 Å². The molecule has 1 N–H and O–H groups in total. The first-order valence-electron chi connectivity index (χ1n) is 7.16. The molecule has 2 aromatic carbocycles. The number of hydrogen-bond donors (Lipinski definition) is 1. The fourth-order valence-electron chi connectivity index (χ4n) is 1.96. The smallest absolute Gasteiger partial charge is 0.265 e. The Labute approximate surface area is 135 Å². The van der Waals surface area contributed by atoms with Gasteiger partial charge in [-0.1, -0.05) is 17.7 Å². The van der Waals surface area contributed by atoms with E-state index in [1.165, 1.54) is 7.11 Å². The molecule has 0 aliphatic carbocycles. The zero-order chi connectivity index (χ0) is 16.8. The number of ether oxygens (including phenoxy) is 2. The van der Waals surface area contributed by atoms with Crippen molar-refractivity contribution in [2.75, 3.05) is 12.4 Å². The summed E-state index contributed by atoms with van der Waals surface area (Å²) in [5.41, 5.74) is 2.29. The average molecular weight is 310 g/mol. The number of carbonyl (C=O) groups excluding carboxylic acids is 1. The standard InChI is InChI=1S/C18H18N2O3/c1-12-4-7-15(8-5-12)20-18(21)13(2)23-16-9-6-14(11-19)10-17(16)22-3/h4-10,13H,1-3H3,(H,20,21). The molecule has 0 aliphatic rings. The van der Waals surface area contributed by atoms with Crippen molar-refractivity contribution in [3.05, 3.63) is 53.6 Å². The molecule has 1 unspecified atom stereocenters. The summed E-state index contributed by atoms with van der Waals surface area (Å²) < 4.78 is 10.8. The summed E-state index contributed by atoms with van der Waals surface area (Å²) in [4.78, 5) is 12.2. The minimum Gasteiger partial charge on any atom is -0.493 e. The van der Waals surface area contributed by atoms with Crippen molar-refractivity contribution in [2.45, 2.75) is 20.0 Å². The third-order valence-electron chi connectivity index (χ3n) is 3.28. The molecule has 5 heteroatoms. The molecule has 0 saturated heterocycles. The largest absolute Gasteiger partial charge is 0.493 e. The zero-order valence-corrected chi connectivity index (χ0v) is 13.3. The van der Waals surface area contributed by atoms with Crippen LogP contribution in [0.25, 0.3) is 0 Å². The number of methoxy groups -OCH3 is 1. The van der Waals surface area contributed by atoms with E-state index in [4.69, 9.17) is 14.7 Å². The Morgan fingerprint density at radius 1 is 1.17 bits per heavy atom. The van der Waals surface area contributed by atoms with Gasteiger partial charge in [0.25, 0.3) is 5.91 Å². The van der Waals surface area contributed by atoms with Gasteiger partial charge in [-0.2, -0.15) is 5.26 Å². The molecule has 118 valence electrons. The summed E-state index contributed by atoms with van der Waals surface area (Å²) in [5, 5.41) is 11.7. The lowest BCUT2D eigenvalue weighted by atomic mass is 10.2. The second kappa shape index (κ2) is 7.32. The van der Waals surface area contributed by atoms with Crippen LogP contribution in [-0.4, -0.2) is 19.1 Å². The minimum absolute atomic E-state index is 0.264. The van der Waals surface area contributed by atoms with Crippen LogP contribution in [0, 0.1) is 18.3 Å². The van der Waals surface area contributed by atoms with Crippen molar-refractivity contribution in [3.63, 3.8) is 0 Å². The molecular formula is C18H18N2O3. The fourth-order valence-corrected chi connectivity index (χ4v) is 1.96. The lowest BCUT2D eigenvalue weighted by Gasteiger charge is -2.17. The first-order valence-corrected chi connectivity index (χ1v) is 7.16. The summed E-state index contributed by atoms with van der Waals surface area (Å²) in [6.45, 7) is 3.63. The molecule has 1 amide bonds. The molecule has 0 spiro atoms. The van der Waals surface area contributed by atoms with Crippen molar-refractivity contribution in [1.82, 2.24) is 0 Å². The van der Waals surface area contributed by atoms with Gasteiger partial charge in [0.2, 0.25) is 0 Å². The SMILES string of the molecule is COc1cc(C#N)ccc1OC(C)C(=O)Nc1ccc(C)cc1. The minimum atomic E-state index is -0.710. The number of nitrogens with zero attached hydrogens (tertiary/aromatic N) is 1. The van der Waals surface area contributed by atoms with E-state index in [0.717, 1.165) is 5.56 Å². The molecule has 1 atom stereocenters. The third-order valence-corrected chi connectivity index (χ3v) is 3.28. The number of amides is 1. The quantitative estimate of drug-likeness (QED) is 0.920. The molecule has 2 rings (SSSR count). The fraction of sp³-hybridized carbons (Fsp3) is 0.222. The lowest BCUT2D eigenvalue weighted by Crippen LogP contribution is -2.30. The highest BCUT2D eigenvalue weighted by Gasteiger charge is 2.17. The van der Waals surface area contributed by atoms with Crippen molar-refractivity contribution >= 4 is 11.6 Å². The van der Waals surface area contributed by atoms with Gasteiger partial charge in [0, 0.05) is 11.8 Å². The first-order chi connectivity index (χ1) is 11.0. The van der Waals surface area contributed by atoms with E-state index in [9.17, 15) is 4.79 Å². The summed E-state index contributed by atoms with van der Waals surface area (Å²) >= 11 is 0. The summed E-state index contributed by atoms with van der Waals surface area (Å²) in [6, 6.07) is 14.3. The van der Waals surface area contributed by atoms with Crippen LogP contribution in [-0.2, 0) is 4.79 Å². The zero-order valence-electron chi connectivity index (χ0n) is 13.3. The van der Waals surface area contributed by atoms with E-state index in [1.54, 1.807) is 25.1 Å². The highest BCUT2D eigenvalue weighted by molar-refractivity contribution is 5.94. The highest BCUT2D eigenvalue weighted by Crippen LogP contribution is 2.28. The maximum absolute atomic E-state index is 12.2. The van der Waals surface area contributed by atoms with Gasteiger partial charge in [0.15, 0.2) is 17.6 Å². The van der Waals surface area contributed by atoms with Gasteiger partial charge in [-0.15, -0.1) is 0 Å². The number of nitriles is 1. The van der Waals surface area contributed by atoms with Crippen LogP contribution in [0.4, 0.5) is 5.69 Å². The predicted molar refractivity (Wildman–Crippen MR) is 87.6 cm³/mol. The monoisotopic (exact) mass is 310 g/mol. The Hall–Kier alpha value is -3.00. The van der Waals surface area contributed by atoms with Crippen LogP contribution in [0.5, 0.6) is 11.5 Å². The van der Waals surface area contributed by atoms with Crippen LogP contribution < -0.4 is 14.8 Å². The lowest BCUT2D eigenvalue weighted by molar-refractivity contribution is -0.122. The molecule has 0 aromatic heterocycles. The van der Waals surface area contributed by atoms with Crippen LogP contribution >= 0.6 is 0 Å². The number of benzene rings is 2. The van der Waals surface area contributed by atoms with Crippen LogP contribution in [0.15, 0.2) is 42.5 Å². The molecule has 0 bridgehead atoms. The van der Waals surface area contributed by atoms with E-state index in [0.29, 0.717) is 22.7 Å². The van der Waals surface area contributed by atoms with Crippen LogP contribution in [0.1, 0.15) is 18.1 Å². The summed E-state index contributed by atoms with van der Waals surface area (Å²) in [6.07, 6.45) is -0.710. The van der Waals surface area contributed by atoms with Crippen molar-refractivity contribution in [2.24, 2.45) is 0 Å². The molecule has 2 aromatic rings. The van der Waals surface area contributed by atoms with Gasteiger partial charge in [0.05, 0.1) is 18.7 Å². The Balaban J connectivity index is 2.06. The molecule has 0 radical (unpaired) electrons. The topological polar surface area (TPSA) is 71.3 Å². The van der Waals surface area contributed by atoms with E-state index < -0.39 is 6.10 Å². The van der Waals surface area contributed by atoms with Crippen LogP contribution in [0.2, 0.25) is 0 Å². The molecule has 0 heterocycles. The molecule has 0 aliphatic heterocycles. The second-order valence-electron chi connectivity index (χ2n) is 5.09. The molecule has 23 heavy (non-hydrogen) atoms. The second-order valence-corrected chi connectivity index (χ2v) is 5.09. The normalized spacial score (nSPS) is 11.2. The summed E-state index contributed by atoms with van der Waals surface area (Å²) in [5.74, 6) is 0.567. The van der Waals surface area contributed by atoms with Gasteiger partial charge < -0.3 is 14.8 Å². The van der Waals surface area contributed by atoms with Gasteiger partial charge >= 0.3 is 0 Å². The Morgan fingerprint density at radius 3 is 2.48 bits per heavy atom. The number of anilines is 1. The van der Waals surface area contributed by atoms with Crippen molar-refractivity contribution < 1.29 is 14.3 Å². The Bertz CT molecular complexity index is 733. The number of nitrogens with one attached hydrogen (secondary N) is 1. The van der Waals surface area contributed by atoms with Gasteiger partial charge in [0.1, 0.15) is 0 Å². The van der Waals surface area contributed by atoms with Gasteiger partial charge in [-0.3, -0.25) is 4.79 Å². The number of aryl methyl sites for hydroxylation is 1. The first kappa shape index (κ1) is 16.4. The molecule has 0 fully saturated rings. The summed E-state index contributed by atoms with van der Waals surface area (Å²) in [7, 11) is 1.49. The molecule has 0 saturated carbocycles. The van der Waals surface area contributed by atoms with Crippen molar-refractivity contribution in [3.8, 4) is 17.6 Å². The third kappa shape index (κ3) is 4.24. The van der Waals surface area contributed by atoms with Gasteiger partial charge in [-0.05, 0) is 38.1 Å². The Morgan fingerprint density at radius 2 is 1.87 bits per heavy atom. The van der Waals surface area contributed by atoms with E-state index in [-0.39, 0.29) is 5.91 Å². The number of carbonyl (C=O) groups is 1. The van der Waals surface area contributed by atoms with E-state index in [2.05, 4.69) is 5.32 Å². The van der Waals surface area contributed by atoms with E-state index >= 15 is 0 Å².